The lowest BCUT2D eigenvalue weighted by Crippen LogP contribution is -2.17. The van der Waals surface area contributed by atoms with Crippen molar-refractivity contribution in [1.29, 1.82) is 5.26 Å². The van der Waals surface area contributed by atoms with Gasteiger partial charge in [0.2, 0.25) is 5.95 Å². The first kappa shape index (κ1) is 13.8. The molecule has 1 heterocycles. The highest BCUT2D eigenvalue weighted by Crippen LogP contribution is 2.18. The molecular formula is C13H10ClN5O. The van der Waals surface area contributed by atoms with Crippen molar-refractivity contribution < 1.29 is 4.79 Å². The van der Waals surface area contributed by atoms with Crippen molar-refractivity contribution in [2.45, 2.75) is 0 Å². The molecule has 0 aliphatic rings. The van der Waals surface area contributed by atoms with E-state index in [0.29, 0.717) is 11.3 Å². The third-order valence-electron chi connectivity index (χ3n) is 2.47. The summed E-state index contributed by atoms with van der Waals surface area (Å²) in [7, 11) is 1.56. The molecule has 0 radical (unpaired) electrons. The van der Waals surface area contributed by atoms with Crippen LogP contribution >= 0.6 is 11.6 Å². The first-order valence-electron chi connectivity index (χ1n) is 5.66. The number of carbonyl (C=O) groups excluding carboxylic acids is 1. The molecule has 0 fully saturated rings. The fraction of sp³-hybridized carbons (Fsp3) is 0.0769. The number of carbonyl (C=O) groups is 1. The van der Waals surface area contributed by atoms with Crippen LogP contribution in [0, 0.1) is 11.3 Å². The number of nitriles is 1. The Morgan fingerprint density at radius 3 is 2.90 bits per heavy atom. The quantitative estimate of drug-likeness (QED) is 0.844. The molecule has 100 valence electrons. The zero-order valence-corrected chi connectivity index (χ0v) is 11.3. The summed E-state index contributed by atoms with van der Waals surface area (Å²) >= 11 is 5.82. The minimum absolute atomic E-state index is 0.0763. The summed E-state index contributed by atoms with van der Waals surface area (Å²) in [5.74, 6) is 0.0653. The Morgan fingerprint density at radius 2 is 2.25 bits per heavy atom. The number of benzene rings is 1. The lowest BCUT2D eigenvalue weighted by atomic mass is 10.2. The van der Waals surface area contributed by atoms with Crippen molar-refractivity contribution in [1.82, 2.24) is 15.3 Å². The number of aromatic nitrogens is 2. The standard InChI is InChI=1S/C13H10ClN5O/c1-16-12(20)8-3-2-4-10(5-8)18-13-17-7-9(6-15)11(14)19-13/h2-5,7H,1H3,(H,16,20)(H,17,18,19). The molecule has 1 aromatic heterocycles. The van der Waals surface area contributed by atoms with Crippen LogP contribution in [0.15, 0.2) is 30.5 Å². The van der Waals surface area contributed by atoms with Crippen molar-refractivity contribution in [3.8, 4) is 6.07 Å². The van der Waals surface area contributed by atoms with Gasteiger partial charge in [0, 0.05) is 18.3 Å². The predicted octanol–water partition coefficient (Wildman–Crippen LogP) is 2.10. The van der Waals surface area contributed by atoms with E-state index >= 15 is 0 Å². The zero-order valence-electron chi connectivity index (χ0n) is 10.5. The summed E-state index contributed by atoms with van der Waals surface area (Å²) in [5, 5.41) is 14.3. The predicted molar refractivity (Wildman–Crippen MR) is 74.9 cm³/mol. The number of rotatable bonds is 3. The van der Waals surface area contributed by atoms with E-state index in [4.69, 9.17) is 16.9 Å². The fourth-order valence-corrected chi connectivity index (χ4v) is 1.68. The average Bonchev–Trinajstić information content (AvgIpc) is 2.47. The van der Waals surface area contributed by atoms with E-state index in [1.165, 1.54) is 6.20 Å². The Kier molecular flexibility index (Phi) is 4.13. The van der Waals surface area contributed by atoms with Crippen LogP contribution in [0.2, 0.25) is 5.15 Å². The Hall–Kier alpha value is -2.65. The Balaban J connectivity index is 2.24. The van der Waals surface area contributed by atoms with E-state index in [9.17, 15) is 4.79 Å². The molecule has 0 atom stereocenters. The number of amides is 1. The van der Waals surface area contributed by atoms with Gasteiger partial charge in [-0.1, -0.05) is 17.7 Å². The summed E-state index contributed by atoms with van der Waals surface area (Å²) in [6, 6.07) is 8.73. The smallest absolute Gasteiger partial charge is 0.251 e. The molecule has 7 heteroatoms. The first-order chi connectivity index (χ1) is 9.63. The van der Waals surface area contributed by atoms with Crippen LogP contribution in [0.5, 0.6) is 0 Å². The summed E-state index contributed by atoms with van der Waals surface area (Å²) < 4.78 is 0. The molecule has 0 aliphatic carbocycles. The number of anilines is 2. The second-order valence-electron chi connectivity index (χ2n) is 3.79. The molecule has 0 bridgehead atoms. The van der Waals surface area contributed by atoms with E-state index < -0.39 is 0 Å². The summed E-state index contributed by atoms with van der Waals surface area (Å²) in [6.45, 7) is 0. The van der Waals surface area contributed by atoms with E-state index in [1.54, 1.807) is 31.3 Å². The fourth-order valence-electron chi connectivity index (χ4n) is 1.51. The largest absolute Gasteiger partial charge is 0.355 e. The highest BCUT2D eigenvalue weighted by molar-refractivity contribution is 6.30. The molecule has 0 spiro atoms. The molecule has 6 nitrogen and oxygen atoms in total. The van der Waals surface area contributed by atoms with Gasteiger partial charge in [-0.3, -0.25) is 4.79 Å². The van der Waals surface area contributed by atoms with Crippen molar-refractivity contribution in [2.75, 3.05) is 12.4 Å². The van der Waals surface area contributed by atoms with Gasteiger partial charge in [-0.15, -0.1) is 0 Å². The second kappa shape index (κ2) is 5.99. The van der Waals surface area contributed by atoms with Gasteiger partial charge in [-0.2, -0.15) is 10.2 Å². The lowest BCUT2D eigenvalue weighted by molar-refractivity contribution is 0.0963. The van der Waals surface area contributed by atoms with Crippen molar-refractivity contribution in [2.24, 2.45) is 0 Å². The van der Waals surface area contributed by atoms with E-state index in [0.717, 1.165) is 0 Å². The van der Waals surface area contributed by atoms with Gasteiger partial charge >= 0.3 is 0 Å². The van der Waals surface area contributed by atoms with E-state index in [1.807, 2.05) is 6.07 Å². The molecule has 0 aliphatic heterocycles. The molecule has 1 amide bonds. The topological polar surface area (TPSA) is 90.7 Å². The molecule has 2 aromatic rings. The van der Waals surface area contributed by atoms with E-state index in [2.05, 4.69) is 20.6 Å². The SMILES string of the molecule is CNC(=O)c1cccc(Nc2ncc(C#N)c(Cl)n2)c1. The van der Waals surface area contributed by atoms with Gasteiger partial charge in [0.05, 0.1) is 6.20 Å². The van der Waals surface area contributed by atoms with Crippen LogP contribution < -0.4 is 10.6 Å². The number of hydrogen-bond donors (Lipinski definition) is 2. The summed E-state index contributed by atoms with van der Waals surface area (Å²) in [5.41, 5.74) is 1.36. The molecule has 0 saturated carbocycles. The zero-order chi connectivity index (χ0) is 14.5. The Bertz CT molecular complexity index is 695. The van der Waals surface area contributed by atoms with Crippen LogP contribution in [0.25, 0.3) is 0 Å². The number of halogens is 1. The normalized spacial score (nSPS) is 9.65. The molecular weight excluding hydrogens is 278 g/mol. The number of nitrogens with zero attached hydrogens (tertiary/aromatic N) is 3. The third-order valence-corrected chi connectivity index (χ3v) is 2.76. The molecule has 2 N–H and O–H groups in total. The Labute approximate surface area is 120 Å². The number of hydrogen-bond acceptors (Lipinski definition) is 5. The third kappa shape index (κ3) is 3.02. The Morgan fingerprint density at radius 1 is 1.45 bits per heavy atom. The maximum absolute atomic E-state index is 11.5. The first-order valence-corrected chi connectivity index (χ1v) is 6.03. The van der Waals surface area contributed by atoms with Gasteiger partial charge < -0.3 is 10.6 Å². The minimum Gasteiger partial charge on any atom is -0.355 e. The van der Waals surface area contributed by atoms with E-state index in [-0.39, 0.29) is 22.6 Å². The monoisotopic (exact) mass is 287 g/mol. The lowest BCUT2D eigenvalue weighted by Gasteiger charge is -2.07. The van der Waals surface area contributed by atoms with Gasteiger partial charge in [0.15, 0.2) is 5.15 Å². The van der Waals surface area contributed by atoms with Crippen molar-refractivity contribution in [3.63, 3.8) is 0 Å². The maximum Gasteiger partial charge on any atom is 0.251 e. The van der Waals surface area contributed by atoms with Crippen LogP contribution in [0.4, 0.5) is 11.6 Å². The second-order valence-corrected chi connectivity index (χ2v) is 4.15. The molecule has 0 saturated heterocycles. The molecule has 1 aromatic carbocycles. The number of nitrogens with one attached hydrogen (secondary N) is 2. The molecule has 0 unspecified atom stereocenters. The maximum atomic E-state index is 11.5. The minimum atomic E-state index is -0.188. The van der Waals surface area contributed by atoms with Crippen LogP contribution in [-0.4, -0.2) is 22.9 Å². The van der Waals surface area contributed by atoms with Gasteiger partial charge in [0.25, 0.3) is 5.91 Å². The molecule has 20 heavy (non-hydrogen) atoms. The molecule has 2 rings (SSSR count). The summed E-state index contributed by atoms with van der Waals surface area (Å²) in [6.07, 6.45) is 1.33. The van der Waals surface area contributed by atoms with Crippen LogP contribution in [0.3, 0.4) is 0 Å². The van der Waals surface area contributed by atoms with Gasteiger partial charge in [-0.05, 0) is 18.2 Å². The van der Waals surface area contributed by atoms with Crippen molar-refractivity contribution in [3.05, 3.63) is 46.7 Å². The van der Waals surface area contributed by atoms with Gasteiger partial charge in [0.1, 0.15) is 11.6 Å². The van der Waals surface area contributed by atoms with Crippen LogP contribution in [-0.2, 0) is 0 Å². The average molecular weight is 288 g/mol. The highest BCUT2D eigenvalue weighted by atomic mass is 35.5. The van der Waals surface area contributed by atoms with Gasteiger partial charge in [-0.25, -0.2) is 4.98 Å². The highest BCUT2D eigenvalue weighted by Gasteiger charge is 2.07. The summed E-state index contributed by atoms with van der Waals surface area (Å²) in [4.78, 5) is 19.5. The van der Waals surface area contributed by atoms with Crippen molar-refractivity contribution >= 4 is 29.1 Å². The van der Waals surface area contributed by atoms with Crippen LogP contribution in [0.1, 0.15) is 15.9 Å².